The minimum atomic E-state index is -0.231. The molecule has 3 rings (SSSR count). The third-order valence-electron chi connectivity index (χ3n) is 4.65. The number of benzene rings is 3. The molecule has 0 radical (unpaired) electrons. The summed E-state index contributed by atoms with van der Waals surface area (Å²) in [4.78, 5) is 12.2. The van der Waals surface area contributed by atoms with Crippen molar-refractivity contribution in [2.45, 2.75) is 20.0 Å². The lowest BCUT2D eigenvalue weighted by molar-refractivity contribution is -0.120. The Bertz CT molecular complexity index is 1170. The lowest BCUT2D eigenvalue weighted by Gasteiger charge is -2.15. The lowest BCUT2D eigenvalue weighted by Crippen LogP contribution is -2.19. The first-order chi connectivity index (χ1) is 16.4. The molecule has 0 aliphatic rings. The summed E-state index contributed by atoms with van der Waals surface area (Å²) in [6, 6.07) is 16.1. The molecule has 0 saturated carbocycles. The highest BCUT2D eigenvalue weighted by atomic mass is 79.9. The molecule has 3 aromatic rings. The number of methoxy groups -OCH3 is 1. The number of carbonyl (C=O) groups excluding carboxylic acids is 1. The van der Waals surface area contributed by atoms with Gasteiger partial charge in [0.05, 0.1) is 30.8 Å². The molecule has 3 aromatic carbocycles. The predicted molar refractivity (Wildman–Crippen MR) is 139 cm³/mol. The smallest absolute Gasteiger partial charge is 0.244 e. The molecule has 0 heterocycles. The fraction of sp³-hybridized carbons (Fsp3) is 0.200. The van der Waals surface area contributed by atoms with Crippen molar-refractivity contribution in [2.24, 2.45) is 5.10 Å². The van der Waals surface area contributed by atoms with Gasteiger partial charge < -0.3 is 14.2 Å². The second kappa shape index (κ2) is 12.6. The summed E-state index contributed by atoms with van der Waals surface area (Å²) in [6.07, 6.45) is 1.74. The van der Waals surface area contributed by atoms with Crippen LogP contribution < -0.4 is 19.6 Å². The predicted octanol–water partition coefficient (Wildman–Crippen LogP) is 6.44. The van der Waals surface area contributed by atoms with Crippen molar-refractivity contribution in [3.05, 3.63) is 85.8 Å². The fourth-order valence-corrected chi connectivity index (χ4v) is 4.04. The minimum absolute atomic E-state index is 0.204. The zero-order valence-corrected chi connectivity index (χ0v) is 21.7. The average molecular weight is 566 g/mol. The van der Waals surface area contributed by atoms with Crippen LogP contribution in [0.3, 0.4) is 0 Å². The number of nitrogens with one attached hydrogen (secondary N) is 1. The second-order valence-electron chi connectivity index (χ2n) is 7.11. The molecule has 1 N–H and O–H groups in total. The molecule has 0 fully saturated rings. The van der Waals surface area contributed by atoms with Crippen LogP contribution in [0.4, 0.5) is 0 Å². The maximum atomic E-state index is 12.2. The number of hydrogen-bond acceptors (Lipinski definition) is 5. The van der Waals surface area contributed by atoms with E-state index in [-0.39, 0.29) is 18.9 Å². The lowest BCUT2D eigenvalue weighted by atomic mass is 10.1. The second-order valence-corrected chi connectivity index (χ2v) is 8.80. The van der Waals surface area contributed by atoms with E-state index < -0.39 is 0 Å². The maximum absolute atomic E-state index is 12.2. The number of ether oxygens (including phenoxy) is 3. The normalized spacial score (nSPS) is 10.9. The summed E-state index contributed by atoms with van der Waals surface area (Å²) in [7, 11) is 1.60. The van der Waals surface area contributed by atoms with Crippen LogP contribution in [0.2, 0.25) is 10.0 Å². The number of hydrogen-bond donors (Lipinski definition) is 1. The largest absolute Gasteiger partial charge is 0.497 e. The summed E-state index contributed by atoms with van der Waals surface area (Å²) in [5.74, 6) is 1.58. The quantitative estimate of drug-likeness (QED) is 0.227. The zero-order chi connectivity index (χ0) is 24.5. The first-order valence-corrected chi connectivity index (χ1v) is 11.9. The Morgan fingerprint density at radius 3 is 2.53 bits per heavy atom. The monoisotopic (exact) mass is 564 g/mol. The van der Waals surface area contributed by atoms with Crippen molar-refractivity contribution in [3.8, 4) is 17.2 Å². The van der Waals surface area contributed by atoms with Gasteiger partial charge in [0, 0.05) is 15.6 Å². The third kappa shape index (κ3) is 7.38. The van der Waals surface area contributed by atoms with E-state index in [0.29, 0.717) is 32.6 Å². The van der Waals surface area contributed by atoms with Gasteiger partial charge in [-0.2, -0.15) is 5.10 Å². The average Bonchev–Trinajstić information content (AvgIpc) is 2.80. The Balaban J connectivity index is 1.66. The molecule has 0 aromatic heterocycles. The molecule has 178 valence electrons. The molecule has 0 saturated heterocycles. The number of nitrogens with zero attached hydrogens (tertiary/aromatic N) is 1. The van der Waals surface area contributed by atoms with Crippen LogP contribution in [-0.4, -0.2) is 25.8 Å². The summed E-state index contributed by atoms with van der Waals surface area (Å²) >= 11 is 15.7. The number of amides is 1. The molecule has 34 heavy (non-hydrogen) atoms. The van der Waals surface area contributed by atoms with E-state index in [1.807, 2.05) is 43.3 Å². The van der Waals surface area contributed by atoms with Gasteiger partial charge in [-0.15, -0.1) is 0 Å². The van der Waals surface area contributed by atoms with Crippen molar-refractivity contribution in [3.63, 3.8) is 0 Å². The van der Waals surface area contributed by atoms with Gasteiger partial charge in [0.2, 0.25) is 5.91 Å². The minimum Gasteiger partial charge on any atom is -0.497 e. The van der Waals surface area contributed by atoms with E-state index in [1.165, 1.54) is 0 Å². The first kappa shape index (κ1) is 25.9. The van der Waals surface area contributed by atoms with Gasteiger partial charge in [-0.05, 0) is 70.4 Å². The van der Waals surface area contributed by atoms with Crippen LogP contribution in [-0.2, 0) is 17.8 Å². The molecule has 0 bridgehead atoms. The zero-order valence-electron chi connectivity index (χ0n) is 18.6. The Morgan fingerprint density at radius 2 is 1.85 bits per heavy atom. The van der Waals surface area contributed by atoms with Gasteiger partial charge in [0.25, 0.3) is 0 Å². The Labute approximate surface area is 216 Å². The summed E-state index contributed by atoms with van der Waals surface area (Å²) in [5.41, 5.74) is 4.91. The standard InChI is InChI=1S/C25H23BrCl2N2O4/c1-3-33-23-11-17(14-29-30-24(31)12-16-4-8-20(32-2)9-5-16)10-21(26)25(23)34-15-18-6-7-19(27)13-22(18)28/h4-11,13-14H,3,12,15H2,1-2H3,(H,30,31)/b29-14-. The van der Waals surface area contributed by atoms with Crippen molar-refractivity contribution >= 4 is 51.3 Å². The van der Waals surface area contributed by atoms with Crippen molar-refractivity contribution < 1.29 is 19.0 Å². The molecule has 0 aliphatic heterocycles. The van der Waals surface area contributed by atoms with Crippen molar-refractivity contribution in [1.82, 2.24) is 5.43 Å². The van der Waals surface area contributed by atoms with E-state index in [9.17, 15) is 4.79 Å². The third-order valence-corrected chi connectivity index (χ3v) is 5.82. The van der Waals surface area contributed by atoms with Crippen molar-refractivity contribution in [1.29, 1.82) is 0 Å². The van der Waals surface area contributed by atoms with E-state index in [1.54, 1.807) is 31.5 Å². The molecule has 0 atom stereocenters. The number of hydrazone groups is 1. The van der Waals surface area contributed by atoms with E-state index >= 15 is 0 Å². The highest BCUT2D eigenvalue weighted by molar-refractivity contribution is 9.10. The molecule has 9 heteroatoms. The SMILES string of the molecule is CCOc1cc(/C=N\NC(=O)Cc2ccc(OC)cc2)cc(Br)c1OCc1ccc(Cl)cc1Cl. The molecule has 0 unspecified atom stereocenters. The first-order valence-electron chi connectivity index (χ1n) is 10.4. The van der Waals surface area contributed by atoms with Crippen LogP contribution in [0.1, 0.15) is 23.6 Å². The van der Waals surface area contributed by atoms with Crippen LogP contribution >= 0.6 is 39.1 Å². The fourth-order valence-electron chi connectivity index (χ4n) is 3.00. The van der Waals surface area contributed by atoms with Crippen LogP contribution in [0.15, 0.2) is 64.2 Å². The Kier molecular flexibility index (Phi) is 9.62. The molecule has 0 aliphatic carbocycles. The number of rotatable bonds is 10. The van der Waals surface area contributed by atoms with Crippen molar-refractivity contribution in [2.75, 3.05) is 13.7 Å². The Morgan fingerprint density at radius 1 is 1.09 bits per heavy atom. The van der Waals surface area contributed by atoms with Gasteiger partial charge >= 0.3 is 0 Å². The van der Waals surface area contributed by atoms with Crippen LogP contribution in [0.25, 0.3) is 0 Å². The molecule has 0 spiro atoms. The highest BCUT2D eigenvalue weighted by Gasteiger charge is 2.13. The summed E-state index contributed by atoms with van der Waals surface area (Å²) < 4.78 is 17.5. The van der Waals surface area contributed by atoms with E-state index in [2.05, 4.69) is 26.5 Å². The van der Waals surface area contributed by atoms with Gasteiger partial charge in [-0.3, -0.25) is 4.79 Å². The Hall–Kier alpha value is -2.74. The summed E-state index contributed by atoms with van der Waals surface area (Å²) in [5, 5.41) is 5.14. The molecular weight excluding hydrogens is 543 g/mol. The number of carbonyl (C=O) groups is 1. The highest BCUT2D eigenvalue weighted by Crippen LogP contribution is 2.37. The van der Waals surface area contributed by atoms with Gasteiger partial charge in [0.15, 0.2) is 11.5 Å². The van der Waals surface area contributed by atoms with Gasteiger partial charge in [0.1, 0.15) is 12.4 Å². The number of halogens is 3. The molecular formula is C25H23BrCl2N2O4. The molecule has 6 nitrogen and oxygen atoms in total. The maximum Gasteiger partial charge on any atom is 0.244 e. The van der Waals surface area contributed by atoms with E-state index in [4.69, 9.17) is 37.4 Å². The van der Waals surface area contributed by atoms with Gasteiger partial charge in [-0.25, -0.2) is 5.43 Å². The van der Waals surface area contributed by atoms with E-state index in [0.717, 1.165) is 22.4 Å². The van der Waals surface area contributed by atoms with Crippen LogP contribution in [0, 0.1) is 0 Å². The summed E-state index contributed by atoms with van der Waals surface area (Å²) in [6.45, 7) is 2.57. The molecule has 1 amide bonds. The van der Waals surface area contributed by atoms with Crippen LogP contribution in [0.5, 0.6) is 17.2 Å². The topological polar surface area (TPSA) is 69.2 Å². The van der Waals surface area contributed by atoms with Gasteiger partial charge in [-0.1, -0.05) is 41.4 Å².